The Morgan fingerprint density at radius 2 is 0.667 bits per heavy atom. The molecule has 0 fully saturated rings. The van der Waals surface area contributed by atoms with E-state index in [4.69, 9.17) is 104 Å². The van der Waals surface area contributed by atoms with Gasteiger partial charge in [0, 0.05) is 12.1 Å². The number of anilines is 1. The predicted molar refractivity (Wildman–Crippen MR) is 305 cm³/mol. The number of nitrogens with one attached hydrogen (secondary N) is 1. The maximum Gasteiger partial charge on any atom is 4.00 e. The summed E-state index contributed by atoms with van der Waals surface area (Å²) >= 11 is 56.8. The van der Waals surface area contributed by atoms with Crippen molar-refractivity contribution in [2.45, 2.75) is 102 Å². The summed E-state index contributed by atoms with van der Waals surface area (Å²) in [5.41, 5.74) is 15.2. The zero-order valence-corrected chi connectivity index (χ0v) is 51.1. The molecule has 0 bridgehead atoms. The molecule has 6 rings (SSSR count). The van der Waals surface area contributed by atoms with E-state index in [1.807, 2.05) is 41.5 Å². The second kappa shape index (κ2) is 29.6. The third-order valence-electron chi connectivity index (χ3n) is 10.3. The number of pyridine rings is 3. The SMILES string of the molecule is CCCNc1nc(-c2c(C)cc(C)cc2C)c(Cl)c(Cl)c1Cl.CCC[N-]c1nc(-c2c(C)cc(C)cc2C)c(Cl)c(Cl)c1Cl.CCC[N-]c1nc(-c2c(C)cc(C)cc2C)c(Cl)c(Cl)c1Cl.[CH3-].[CH3-].[Zr+4]. The molecule has 3 aromatic carbocycles. The molecule has 0 saturated carbocycles. The Kier molecular flexibility index (Phi) is 27.9. The van der Waals surface area contributed by atoms with Gasteiger partial charge in [0.15, 0.2) is 0 Å². The van der Waals surface area contributed by atoms with Crippen LogP contribution in [-0.4, -0.2) is 34.6 Å². The van der Waals surface area contributed by atoms with Gasteiger partial charge in [-0.05, 0) is 136 Å². The first-order valence-corrected chi connectivity index (χ1v) is 25.0. The topological polar surface area (TPSA) is 78.9 Å². The van der Waals surface area contributed by atoms with E-state index in [0.717, 1.165) is 75.9 Å². The fraction of sp³-hybridized carbons (Fsp3) is 0.340. The van der Waals surface area contributed by atoms with Crippen molar-refractivity contribution in [3.8, 4) is 33.8 Å². The average Bonchev–Trinajstić information content (AvgIpc) is 3.24. The van der Waals surface area contributed by atoms with Crippen LogP contribution in [0, 0.1) is 77.2 Å². The molecule has 0 atom stereocenters. The normalized spacial score (nSPS) is 10.4. The van der Waals surface area contributed by atoms with E-state index in [2.05, 4.69) is 109 Å². The van der Waals surface area contributed by atoms with Crippen LogP contribution in [0.5, 0.6) is 0 Å². The van der Waals surface area contributed by atoms with Crippen molar-refractivity contribution in [2.24, 2.45) is 0 Å². The molecule has 3 aromatic heterocycles. The first-order chi connectivity index (χ1) is 31.1. The summed E-state index contributed by atoms with van der Waals surface area (Å²) in [6.07, 6.45) is 2.79. The molecule has 69 heavy (non-hydrogen) atoms. The number of nitrogens with zero attached hydrogens (tertiary/aromatic N) is 5. The molecule has 0 aliphatic rings. The van der Waals surface area contributed by atoms with Gasteiger partial charge < -0.3 is 40.8 Å². The maximum absolute atomic E-state index is 6.42. The fourth-order valence-electron chi connectivity index (χ4n) is 7.68. The Morgan fingerprint density at radius 1 is 0.391 bits per heavy atom. The molecule has 370 valence electrons. The van der Waals surface area contributed by atoms with Crippen LogP contribution in [-0.2, 0) is 26.2 Å². The van der Waals surface area contributed by atoms with Gasteiger partial charge >= 0.3 is 26.2 Å². The monoisotopic (exact) mass is 1190 g/mol. The Bertz CT molecular complexity index is 2370. The summed E-state index contributed by atoms with van der Waals surface area (Å²) in [5, 5.41) is 15.1. The molecule has 6 nitrogen and oxygen atoms in total. The van der Waals surface area contributed by atoms with Gasteiger partial charge in [-0.25, -0.2) is 4.98 Å². The van der Waals surface area contributed by atoms with Crippen LogP contribution in [0.1, 0.15) is 90.1 Å². The summed E-state index contributed by atoms with van der Waals surface area (Å²) in [6, 6.07) is 12.6. The smallest absolute Gasteiger partial charge is 0.464 e. The molecule has 0 spiro atoms. The summed E-state index contributed by atoms with van der Waals surface area (Å²) < 4.78 is 0. The molecule has 0 unspecified atom stereocenters. The van der Waals surface area contributed by atoms with Gasteiger partial charge in [-0.1, -0.05) is 204 Å². The minimum Gasteiger partial charge on any atom is -0.464 e. The zero-order chi connectivity index (χ0) is 49.3. The molecule has 0 aliphatic carbocycles. The van der Waals surface area contributed by atoms with E-state index in [9.17, 15) is 0 Å². The number of rotatable bonds is 12. The van der Waals surface area contributed by atoms with Crippen molar-refractivity contribution >= 4 is 122 Å². The molecule has 3 heterocycles. The van der Waals surface area contributed by atoms with Gasteiger partial charge in [-0.15, -0.1) is 0 Å². The molecule has 0 amide bonds. The van der Waals surface area contributed by atoms with Crippen LogP contribution in [0.15, 0.2) is 36.4 Å². The minimum absolute atomic E-state index is 0. The third-order valence-corrected chi connectivity index (χ3v) is 14.2. The molecule has 6 aromatic rings. The van der Waals surface area contributed by atoms with E-state index < -0.39 is 0 Å². The van der Waals surface area contributed by atoms with Crippen molar-refractivity contribution in [1.29, 1.82) is 0 Å². The Labute approximate surface area is 476 Å². The molecule has 0 radical (unpaired) electrons. The van der Waals surface area contributed by atoms with Crippen molar-refractivity contribution in [3.63, 3.8) is 0 Å². The standard InChI is InChI=1S/C17H19Cl3N2.2C17H18Cl3N2.2CH3.Zr/c3*1-5-6-21-17-15(20)13(18)14(19)16(22-17)12-10(3)7-9(2)8-11(12)4;;;/h7-8H,5-6H2,1-4H3,(H,21,22);2*7-8H,5-6H2,1-4H3;2*1H3;/q;4*-1;+4. The van der Waals surface area contributed by atoms with Gasteiger partial charge in [0.1, 0.15) is 10.8 Å². The Balaban J connectivity index is 0.000000506. The van der Waals surface area contributed by atoms with Gasteiger partial charge in [0.25, 0.3) is 0 Å². The molecule has 16 heteroatoms. The van der Waals surface area contributed by atoms with E-state index in [1.165, 1.54) is 16.7 Å². The molecular formula is C53H61Cl9N6Zr. The molecule has 0 aliphatic heterocycles. The van der Waals surface area contributed by atoms with Crippen molar-refractivity contribution in [2.75, 3.05) is 25.0 Å². The van der Waals surface area contributed by atoms with Crippen molar-refractivity contribution in [1.82, 2.24) is 15.0 Å². The quantitative estimate of drug-likeness (QED) is 0.124. The zero-order valence-electron chi connectivity index (χ0n) is 41.8. The van der Waals surface area contributed by atoms with E-state index in [1.54, 1.807) is 0 Å². The van der Waals surface area contributed by atoms with E-state index >= 15 is 0 Å². The largest absolute Gasteiger partial charge is 4.00 e. The fourth-order valence-corrected chi connectivity index (χ4v) is 9.64. The number of halogens is 9. The number of aryl methyl sites for hydroxylation is 9. The minimum atomic E-state index is 0. The van der Waals surface area contributed by atoms with Crippen LogP contribution in [0.4, 0.5) is 17.5 Å². The van der Waals surface area contributed by atoms with Gasteiger partial charge in [0.05, 0.1) is 45.9 Å². The van der Waals surface area contributed by atoms with Crippen LogP contribution in [0.25, 0.3) is 44.4 Å². The van der Waals surface area contributed by atoms with Crippen LogP contribution >= 0.6 is 104 Å². The van der Waals surface area contributed by atoms with Crippen molar-refractivity contribution in [3.05, 3.63) is 157 Å². The van der Waals surface area contributed by atoms with E-state index in [0.29, 0.717) is 92.8 Å². The van der Waals surface area contributed by atoms with Crippen molar-refractivity contribution < 1.29 is 26.2 Å². The van der Waals surface area contributed by atoms with E-state index in [-0.39, 0.29) is 41.1 Å². The summed E-state index contributed by atoms with van der Waals surface area (Å²) in [4.78, 5) is 13.8. The molecule has 0 saturated heterocycles. The summed E-state index contributed by atoms with van der Waals surface area (Å²) in [6.45, 7) is 26.7. The average molecular weight is 1190 g/mol. The number of hydrogen-bond donors (Lipinski definition) is 1. The summed E-state index contributed by atoms with van der Waals surface area (Å²) in [5.74, 6) is 1.48. The second-order valence-electron chi connectivity index (χ2n) is 16.2. The van der Waals surface area contributed by atoms with Crippen LogP contribution in [0.3, 0.4) is 0 Å². The number of benzene rings is 3. The maximum atomic E-state index is 6.42. The van der Waals surface area contributed by atoms with Crippen LogP contribution < -0.4 is 5.32 Å². The van der Waals surface area contributed by atoms with Crippen LogP contribution in [0.2, 0.25) is 45.2 Å². The number of aromatic nitrogens is 3. The Morgan fingerprint density at radius 3 is 0.942 bits per heavy atom. The first kappa shape index (κ1) is 65.0. The Hall–Kier alpha value is -2.00. The molecule has 1 N–H and O–H groups in total. The van der Waals surface area contributed by atoms with Gasteiger partial charge in [0.2, 0.25) is 0 Å². The third kappa shape index (κ3) is 16.0. The van der Waals surface area contributed by atoms with Gasteiger partial charge in [-0.3, -0.25) is 0 Å². The van der Waals surface area contributed by atoms with Gasteiger partial charge in [-0.2, -0.15) is 0 Å². The second-order valence-corrected chi connectivity index (χ2v) is 19.6. The predicted octanol–water partition coefficient (Wildman–Crippen LogP) is 21.5. The molecular weight excluding hydrogens is 1130 g/mol. The number of hydrogen-bond acceptors (Lipinski definition) is 4. The summed E-state index contributed by atoms with van der Waals surface area (Å²) in [7, 11) is 0. The first-order valence-electron chi connectivity index (χ1n) is 21.6.